The van der Waals surface area contributed by atoms with E-state index in [1.165, 1.54) is 7.11 Å². The van der Waals surface area contributed by atoms with Crippen LogP contribution in [0.25, 0.3) is 5.69 Å². The third kappa shape index (κ3) is 3.28. The highest BCUT2D eigenvalue weighted by molar-refractivity contribution is 5.91. The predicted molar refractivity (Wildman–Crippen MR) is 94.2 cm³/mol. The number of hydrogen-bond donors (Lipinski definition) is 1. The minimum absolute atomic E-state index is 0.207. The van der Waals surface area contributed by atoms with E-state index in [-0.39, 0.29) is 17.7 Å². The summed E-state index contributed by atoms with van der Waals surface area (Å²) in [4.78, 5) is 12.3. The molecule has 3 rings (SSSR count). The molecule has 1 amide bonds. The molecule has 0 saturated heterocycles. The molecule has 3 aromatic rings. The van der Waals surface area contributed by atoms with Gasteiger partial charge in [-0.2, -0.15) is 5.10 Å². The highest BCUT2D eigenvalue weighted by Crippen LogP contribution is 2.23. The number of para-hydroxylation sites is 1. The third-order valence-corrected chi connectivity index (χ3v) is 4.21. The fraction of sp³-hybridized carbons (Fsp3) is 0.263. The molecule has 1 aromatic carbocycles. The number of nitrogens with zero attached hydrogens (tertiary/aromatic N) is 2. The van der Waals surface area contributed by atoms with Gasteiger partial charge in [0.1, 0.15) is 0 Å². The molecule has 6 heteroatoms. The first-order valence-electron chi connectivity index (χ1n) is 8.06. The fourth-order valence-electron chi connectivity index (χ4n) is 2.79. The standard InChI is InChI=1S/C19H21N3O3/c1-12-7-5-6-8-16(12)22-14(3)15(11-20-22)13(2)21-19(23)17-9-10-18(24-4)25-17/h5-11,13H,1-4H3,(H,21,23)/t13-/m1/s1. The van der Waals surface area contributed by atoms with Crippen molar-refractivity contribution in [3.63, 3.8) is 0 Å². The molecule has 0 aliphatic rings. The van der Waals surface area contributed by atoms with Gasteiger partial charge in [-0.05, 0) is 38.5 Å². The van der Waals surface area contributed by atoms with Crippen LogP contribution in [0.15, 0.2) is 47.0 Å². The molecular formula is C19H21N3O3. The van der Waals surface area contributed by atoms with E-state index >= 15 is 0 Å². The smallest absolute Gasteiger partial charge is 0.287 e. The van der Waals surface area contributed by atoms with E-state index in [1.807, 2.05) is 49.7 Å². The first-order chi connectivity index (χ1) is 12.0. The van der Waals surface area contributed by atoms with Gasteiger partial charge in [-0.25, -0.2) is 4.68 Å². The second-order valence-electron chi connectivity index (χ2n) is 5.90. The van der Waals surface area contributed by atoms with E-state index < -0.39 is 0 Å². The van der Waals surface area contributed by atoms with Gasteiger partial charge in [0.15, 0.2) is 5.76 Å². The maximum absolute atomic E-state index is 12.3. The topological polar surface area (TPSA) is 69.3 Å². The van der Waals surface area contributed by atoms with Crippen molar-refractivity contribution in [2.75, 3.05) is 7.11 Å². The minimum Gasteiger partial charge on any atom is -0.468 e. The van der Waals surface area contributed by atoms with Crippen LogP contribution in [0.1, 0.15) is 40.3 Å². The van der Waals surface area contributed by atoms with Crippen LogP contribution >= 0.6 is 0 Å². The van der Waals surface area contributed by atoms with Crippen molar-refractivity contribution in [2.45, 2.75) is 26.8 Å². The molecule has 0 aliphatic carbocycles. The number of hydrogen-bond acceptors (Lipinski definition) is 4. The molecule has 0 unspecified atom stereocenters. The molecule has 1 atom stereocenters. The van der Waals surface area contributed by atoms with Gasteiger partial charge >= 0.3 is 0 Å². The molecule has 0 spiro atoms. The SMILES string of the molecule is COc1ccc(C(=O)N[C@H](C)c2cnn(-c3ccccc3C)c2C)o1. The average Bonchev–Trinajstić information content (AvgIpc) is 3.22. The molecule has 0 saturated carbocycles. The molecule has 130 valence electrons. The number of carbonyl (C=O) groups is 1. The van der Waals surface area contributed by atoms with Crippen molar-refractivity contribution in [3.05, 3.63) is 65.2 Å². The van der Waals surface area contributed by atoms with Gasteiger partial charge in [0.2, 0.25) is 0 Å². The molecular weight excluding hydrogens is 318 g/mol. The lowest BCUT2D eigenvalue weighted by atomic mass is 10.1. The highest BCUT2D eigenvalue weighted by Gasteiger charge is 2.19. The Morgan fingerprint density at radius 2 is 2.00 bits per heavy atom. The number of furan rings is 1. The number of aryl methyl sites for hydroxylation is 1. The third-order valence-electron chi connectivity index (χ3n) is 4.21. The molecule has 0 bridgehead atoms. The van der Waals surface area contributed by atoms with Gasteiger partial charge in [0.05, 0.1) is 25.0 Å². The summed E-state index contributed by atoms with van der Waals surface area (Å²) in [6.45, 7) is 5.96. The summed E-state index contributed by atoms with van der Waals surface area (Å²) in [5.74, 6) is 0.229. The molecule has 25 heavy (non-hydrogen) atoms. The number of rotatable bonds is 5. The summed E-state index contributed by atoms with van der Waals surface area (Å²) in [5.41, 5.74) is 4.11. The van der Waals surface area contributed by atoms with Gasteiger partial charge in [-0.15, -0.1) is 0 Å². The number of amides is 1. The van der Waals surface area contributed by atoms with Crippen molar-refractivity contribution in [2.24, 2.45) is 0 Å². The number of carbonyl (C=O) groups excluding carboxylic acids is 1. The first-order valence-corrected chi connectivity index (χ1v) is 8.06. The lowest BCUT2D eigenvalue weighted by Gasteiger charge is -2.14. The number of ether oxygens (including phenoxy) is 1. The maximum atomic E-state index is 12.3. The molecule has 1 N–H and O–H groups in total. The van der Waals surface area contributed by atoms with Gasteiger partial charge in [0.25, 0.3) is 11.9 Å². The number of benzene rings is 1. The Balaban J connectivity index is 1.80. The second kappa shape index (κ2) is 6.84. The minimum atomic E-state index is -0.293. The molecule has 0 fully saturated rings. The molecule has 6 nitrogen and oxygen atoms in total. The zero-order valence-corrected chi connectivity index (χ0v) is 14.7. The highest BCUT2D eigenvalue weighted by atomic mass is 16.6. The Hall–Kier alpha value is -3.02. The Morgan fingerprint density at radius 3 is 2.68 bits per heavy atom. The van der Waals surface area contributed by atoms with E-state index in [2.05, 4.69) is 10.4 Å². The Kier molecular flexibility index (Phi) is 4.61. The van der Waals surface area contributed by atoms with Crippen molar-refractivity contribution in [3.8, 4) is 11.6 Å². The Bertz CT molecular complexity index is 895. The van der Waals surface area contributed by atoms with Crippen LogP contribution in [0.2, 0.25) is 0 Å². The monoisotopic (exact) mass is 339 g/mol. The van der Waals surface area contributed by atoms with E-state index in [0.29, 0.717) is 5.95 Å². The van der Waals surface area contributed by atoms with Crippen molar-refractivity contribution < 1.29 is 13.9 Å². The van der Waals surface area contributed by atoms with Crippen LogP contribution < -0.4 is 10.1 Å². The summed E-state index contributed by atoms with van der Waals surface area (Å²) >= 11 is 0. The second-order valence-corrected chi connectivity index (χ2v) is 5.90. The van der Waals surface area contributed by atoms with Gasteiger partial charge in [0, 0.05) is 17.3 Å². The zero-order chi connectivity index (χ0) is 18.0. The quantitative estimate of drug-likeness (QED) is 0.771. The number of nitrogens with one attached hydrogen (secondary N) is 1. The summed E-state index contributed by atoms with van der Waals surface area (Å²) in [6.07, 6.45) is 1.79. The average molecular weight is 339 g/mol. The summed E-state index contributed by atoms with van der Waals surface area (Å²) in [5, 5.41) is 7.42. The van der Waals surface area contributed by atoms with Crippen molar-refractivity contribution >= 4 is 5.91 Å². The van der Waals surface area contributed by atoms with Gasteiger partial charge in [-0.1, -0.05) is 18.2 Å². The largest absolute Gasteiger partial charge is 0.468 e. The molecule has 0 radical (unpaired) electrons. The van der Waals surface area contributed by atoms with Crippen LogP contribution in [0.4, 0.5) is 0 Å². The number of methoxy groups -OCH3 is 1. The lowest BCUT2D eigenvalue weighted by molar-refractivity contribution is 0.0905. The Labute approximate surface area is 146 Å². The maximum Gasteiger partial charge on any atom is 0.287 e. The molecule has 0 aliphatic heterocycles. The van der Waals surface area contributed by atoms with Crippen LogP contribution in [0, 0.1) is 13.8 Å². The molecule has 2 heterocycles. The van der Waals surface area contributed by atoms with Crippen LogP contribution in [0.3, 0.4) is 0 Å². The van der Waals surface area contributed by atoms with E-state index in [1.54, 1.807) is 18.3 Å². The predicted octanol–water partition coefficient (Wildman–Crippen LogP) is 3.58. The Morgan fingerprint density at radius 1 is 1.24 bits per heavy atom. The fourth-order valence-corrected chi connectivity index (χ4v) is 2.79. The van der Waals surface area contributed by atoms with E-state index in [0.717, 1.165) is 22.5 Å². The summed E-state index contributed by atoms with van der Waals surface area (Å²) < 4.78 is 12.1. The van der Waals surface area contributed by atoms with Gasteiger partial charge < -0.3 is 14.5 Å². The van der Waals surface area contributed by atoms with E-state index in [9.17, 15) is 4.79 Å². The summed E-state index contributed by atoms with van der Waals surface area (Å²) in [6, 6.07) is 11.0. The first kappa shape index (κ1) is 16.8. The van der Waals surface area contributed by atoms with Crippen molar-refractivity contribution in [1.82, 2.24) is 15.1 Å². The normalized spacial score (nSPS) is 12.0. The zero-order valence-electron chi connectivity index (χ0n) is 14.7. The molecule has 2 aromatic heterocycles. The van der Waals surface area contributed by atoms with Gasteiger partial charge in [-0.3, -0.25) is 4.79 Å². The van der Waals surface area contributed by atoms with Crippen LogP contribution in [-0.4, -0.2) is 22.8 Å². The van der Waals surface area contributed by atoms with Crippen LogP contribution in [0.5, 0.6) is 5.95 Å². The number of aromatic nitrogens is 2. The summed E-state index contributed by atoms with van der Waals surface area (Å²) in [7, 11) is 1.49. The van der Waals surface area contributed by atoms with Crippen molar-refractivity contribution in [1.29, 1.82) is 0 Å². The van der Waals surface area contributed by atoms with Crippen LogP contribution in [-0.2, 0) is 0 Å². The lowest BCUT2D eigenvalue weighted by Crippen LogP contribution is -2.26. The van der Waals surface area contributed by atoms with E-state index in [4.69, 9.17) is 9.15 Å².